The van der Waals surface area contributed by atoms with Crippen LogP contribution in [0.25, 0.3) is 10.8 Å². The maximum Gasteiger partial charge on any atom is 0.254 e. The van der Waals surface area contributed by atoms with E-state index in [1.54, 1.807) is 7.11 Å². The standard InChI is InChI=1S/C24H26N2O2/c1-28-21-11-9-19(10-12-21)13-14-25-15-17-26(18-16-25)24(27)23-8-4-6-20-5-2-3-7-22(20)23/h2-12H,13-18H2,1H3. The summed E-state index contributed by atoms with van der Waals surface area (Å²) in [5, 5.41) is 2.16. The molecule has 0 N–H and O–H groups in total. The van der Waals surface area contributed by atoms with E-state index in [9.17, 15) is 4.79 Å². The molecule has 3 aromatic carbocycles. The minimum absolute atomic E-state index is 0.145. The predicted molar refractivity (Wildman–Crippen MR) is 113 cm³/mol. The van der Waals surface area contributed by atoms with Crippen LogP contribution in [0.5, 0.6) is 5.75 Å². The highest BCUT2D eigenvalue weighted by atomic mass is 16.5. The van der Waals surface area contributed by atoms with E-state index in [4.69, 9.17) is 4.74 Å². The Hall–Kier alpha value is -2.85. The van der Waals surface area contributed by atoms with Gasteiger partial charge in [0.2, 0.25) is 0 Å². The Morgan fingerprint density at radius 3 is 2.36 bits per heavy atom. The van der Waals surface area contributed by atoms with Crippen LogP contribution in [-0.2, 0) is 6.42 Å². The first-order chi connectivity index (χ1) is 13.7. The van der Waals surface area contributed by atoms with Crippen molar-refractivity contribution in [1.82, 2.24) is 9.80 Å². The molecule has 1 aliphatic heterocycles. The maximum absolute atomic E-state index is 13.1. The molecule has 0 saturated carbocycles. The molecule has 0 aromatic heterocycles. The van der Waals surface area contributed by atoms with Gasteiger partial charge in [-0.25, -0.2) is 0 Å². The van der Waals surface area contributed by atoms with Gasteiger partial charge in [-0.05, 0) is 41.0 Å². The minimum Gasteiger partial charge on any atom is -0.497 e. The lowest BCUT2D eigenvalue weighted by molar-refractivity contribution is 0.0640. The van der Waals surface area contributed by atoms with Crippen molar-refractivity contribution in [3.8, 4) is 5.75 Å². The molecule has 0 radical (unpaired) electrons. The number of methoxy groups -OCH3 is 1. The number of rotatable bonds is 5. The number of carbonyl (C=O) groups is 1. The molecule has 0 aliphatic carbocycles. The monoisotopic (exact) mass is 374 g/mol. The van der Waals surface area contributed by atoms with Crippen LogP contribution in [0.1, 0.15) is 15.9 Å². The number of ether oxygens (including phenoxy) is 1. The third-order valence-electron chi connectivity index (χ3n) is 5.56. The molecule has 1 aliphatic rings. The van der Waals surface area contributed by atoms with E-state index in [0.29, 0.717) is 0 Å². The van der Waals surface area contributed by atoms with Crippen molar-refractivity contribution in [1.29, 1.82) is 0 Å². The molecule has 0 bridgehead atoms. The Morgan fingerprint density at radius 1 is 0.893 bits per heavy atom. The molecule has 28 heavy (non-hydrogen) atoms. The van der Waals surface area contributed by atoms with Crippen molar-refractivity contribution in [3.63, 3.8) is 0 Å². The summed E-state index contributed by atoms with van der Waals surface area (Å²) < 4.78 is 5.21. The summed E-state index contributed by atoms with van der Waals surface area (Å²) in [7, 11) is 1.69. The van der Waals surface area contributed by atoms with Gasteiger partial charge in [-0.1, -0.05) is 48.5 Å². The van der Waals surface area contributed by atoms with Crippen molar-refractivity contribution in [2.75, 3.05) is 39.8 Å². The lowest BCUT2D eigenvalue weighted by Crippen LogP contribution is -2.49. The summed E-state index contributed by atoms with van der Waals surface area (Å²) in [6, 6.07) is 22.3. The first kappa shape index (κ1) is 18.5. The molecule has 144 valence electrons. The molecule has 4 heteroatoms. The van der Waals surface area contributed by atoms with E-state index >= 15 is 0 Å². The van der Waals surface area contributed by atoms with Gasteiger partial charge in [0, 0.05) is 38.3 Å². The Labute approximate surface area is 166 Å². The quantitative estimate of drug-likeness (QED) is 0.680. The first-order valence-electron chi connectivity index (χ1n) is 9.87. The van der Waals surface area contributed by atoms with E-state index < -0.39 is 0 Å². The number of hydrogen-bond donors (Lipinski definition) is 0. The Bertz CT molecular complexity index is 939. The van der Waals surface area contributed by atoms with Crippen molar-refractivity contribution in [2.24, 2.45) is 0 Å². The van der Waals surface area contributed by atoms with Gasteiger partial charge in [0.25, 0.3) is 5.91 Å². The Kier molecular flexibility index (Phi) is 5.58. The van der Waals surface area contributed by atoms with Crippen LogP contribution in [0.2, 0.25) is 0 Å². The van der Waals surface area contributed by atoms with E-state index in [-0.39, 0.29) is 5.91 Å². The fraction of sp³-hybridized carbons (Fsp3) is 0.292. The van der Waals surface area contributed by atoms with Crippen molar-refractivity contribution in [2.45, 2.75) is 6.42 Å². The van der Waals surface area contributed by atoms with Crippen LogP contribution in [0, 0.1) is 0 Å². The van der Waals surface area contributed by atoms with Gasteiger partial charge < -0.3 is 9.64 Å². The largest absolute Gasteiger partial charge is 0.497 e. The first-order valence-corrected chi connectivity index (χ1v) is 9.87. The van der Waals surface area contributed by atoms with Crippen LogP contribution in [-0.4, -0.2) is 55.5 Å². The minimum atomic E-state index is 0.145. The van der Waals surface area contributed by atoms with Gasteiger partial charge in [0.05, 0.1) is 7.11 Å². The topological polar surface area (TPSA) is 32.8 Å². The normalized spacial score (nSPS) is 15.0. The van der Waals surface area contributed by atoms with Gasteiger partial charge in [-0.15, -0.1) is 0 Å². The second-order valence-corrected chi connectivity index (χ2v) is 7.26. The average Bonchev–Trinajstić information content (AvgIpc) is 2.77. The number of benzene rings is 3. The van der Waals surface area contributed by atoms with Crippen molar-refractivity contribution >= 4 is 16.7 Å². The number of fused-ring (bicyclic) bond motifs is 1. The Balaban J connectivity index is 1.33. The van der Waals surface area contributed by atoms with E-state index in [1.807, 2.05) is 47.4 Å². The van der Waals surface area contributed by atoms with E-state index in [1.165, 1.54) is 5.56 Å². The molecule has 0 atom stereocenters. The Morgan fingerprint density at radius 2 is 1.61 bits per heavy atom. The molecule has 4 rings (SSSR count). The zero-order valence-electron chi connectivity index (χ0n) is 16.3. The van der Waals surface area contributed by atoms with Crippen LogP contribution in [0.3, 0.4) is 0 Å². The molecule has 3 aromatic rings. The number of hydrogen-bond acceptors (Lipinski definition) is 3. The zero-order chi connectivity index (χ0) is 19.3. The second-order valence-electron chi connectivity index (χ2n) is 7.26. The highest BCUT2D eigenvalue weighted by Crippen LogP contribution is 2.21. The second kappa shape index (κ2) is 8.44. The predicted octanol–water partition coefficient (Wildman–Crippen LogP) is 3.85. The molecule has 1 saturated heterocycles. The lowest BCUT2D eigenvalue weighted by Gasteiger charge is -2.35. The third kappa shape index (κ3) is 4.02. The SMILES string of the molecule is COc1ccc(CCN2CCN(C(=O)c3cccc4ccccc34)CC2)cc1. The van der Waals surface area contributed by atoms with Crippen LogP contribution in [0.15, 0.2) is 66.7 Å². The molecule has 4 nitrogen and oxygen atoms in total. The summed E-state index contributed by atoms with van der Waals surface area (Å²) in [6.07, 6.45) is 1.02. The molecular formula is C24H26N2O2. The highest BCUT2D eigenvalue weighted by Gasteiger charge is 2.23. The lowest BCUT2D eigenvalue weighted by atomic mass is 10.0. The number of amides is 1. The molecular weight excluding hydrogens is 348 g/mol. The van der Waals surface area contributed by atoms with Gasteiger partial charge in [-0.3, -0.25) is 9.69 Å². The summed E-state index contributed by atoms with van der Waals surface area (Å²) in [5.74, 6) is 1.04. The van der Waals surface area contributed by atoms with E-state index in [2.05, 4.69) is 29.2 Å². The summed E-state index contributed by atoms with van der Waals surface area (Å²) in [5.41, 5.74) is 2.12. The van der Waals surface area contributed by atoms with Crippen molar-refractivity contribution < 1.29 is 9.53 Å². The molecule has 1 heterocycles. The third-order valence-corrected chi connectivity index (χ3v) is 5.56. The summed E-state index contributed by atoms with van der Waals surface area (Å²) in [4.78, 5) is 17.5. The molecule has 1 fully saturated rings. The molecule has 0 unspecified atom stereocenters. The van der Waals surface area contributed by atoms with Gasteiger partial charge in [-0.2, -0.15) is 0 Å². The molecule has 0 spiro atoms. The highest BCUT2D eigenvalue weighted by molar-refractivity contribution is 6.07. The van der Waals surface area contributed by atoms with Gasteiger partial charge in [0.15, 0.2) is 0 Å². The fourth-order valence-corrected chi connectivity index (χ4v) is 3.84. The summed E-state index contributed by atoms with van der Waals surface area (Å²) >= 11 is 0. The maximum atomic E-state index is 13.1. The van der Waals surface area contributed by atoms with Gasteiger partial charge >= 0.3 is 0 Å². The average molecular weight is 374 g/mol. The number of carbonyl (C=O) groups excluding carboxylic acids is 1. The zero-order valence-corrected chi connectivity index (χ0v) is 16.3. The van der Waals surface area contributed by atoms with Crippen LogP contribution in [0.4, 0.5) is 0 Å². The number of nitrogens with zero attached hydrogens (tertiary/aromatic N) is 2. The fourth-order valence-electron chi connectivity index (χ4n) is 3.84. The van der Waals surface area contributed by atoms with Crippen LogP contribution < -0.4 is 4.74 Å². The van der Waals surface area contributed by atoms with Gasteiger partial charge in [0.1, 0.15) is 5.75 Å². The van der Waals surface area contributed by atoms with E-state index in [0.717, 1.165) is 61.2 Å². The van der Waals surface area contributed by atoms with Crippen molar-refractivity contribution in [3.05, 3.63) is 77.9 Å². The number of piperazine rings is 1. The summed E-state index contributed by atoms with van der Waals surface area (Å²) in [6.45, 7) is 4.43. The smallest absolute Gasteiger partial charge is 0.254 e. The van der Waals surface area contributed by atoms with Crippen LogP contribution >= 0.6 is 0 Å². The molecule has 1 amide bonds.